The number of nitrogens with one attached hydrogen (secondary N) is 2. The highest BCUT2D eigenvalue weighted by Crippen LogP contribution is 2.10. The predicted octanol–water partition coefficient (Wildman–Crippen LogP) is -0.0156. The van der Waals surface area contributed by atoms with Crippen LogP contribution < -0.4 is 10.6 Å². The van der Waals surface area contributed by atoms with Crippen molar-refractivity contribution in [1.82, 2.24) is 15.5 Å². The third kappa shape index (κ3) is 8.02. The molecule has 0 aromatic rings. The molecule has 8 nitrogen and oxygen atoms in total. The van der Waals surface area contributed by atoms with Crippen LogP contribution in [0, 0.1) is 0 Å². The Balaban J connectivity index is 1.68. The van der Waals surface area contributed by atoms with Crippen molar-refractivity contribution in [3.8, 4) is 0 Å². The minimum absolute atomic E-state index is 0.0252. The van der Waals surface area contributed by atoms with Crippen LogP contribution in [0.1, 0.15) is 25.7 Å². The van der Waals surface area contributed by atoms with Gasteiger partial charge in [0.05, 0.1) is 18.8 Å². The zero-order valence-corrected chi connectivity index (χ0v) is 15.5. The van der Waals surface area contributed by atoms with Gasteiger partial charge in [0.1, 0.15) is 6.54 Å². The van der Waals surface area contributed by atoms with E-state index in [1.54, 1.807) is 19.0 Å². The molecule has 144 valence electrons. The number of amides is 1. The van der Waals surface area contributed by atoms with E-state index in [2.05, 4.69) is 15.6 Å². The highest BCUT2D eigenvalue weighted by Gasteiger charge is 2.16. The van der Waals surface area contributed by atoms with Crippen LogP contribution in [0.25, 0.3) is 0 Å². The number of likely N-dealkylation sites (N-methyl/N-ethyl adjacent to an activating group) is 1. The lowest BCUT2D eigenvalue weighted by molar-refractivity contribution is -0.127. The number of rotatable bonds is 9. The first-order chi connectivity index (χ1) is 12.1. The first kappa shape index (κ1) is 19.9. The van der Waals surface area contributed by atoms with Crippen molar-refractivity contribution in [1.29, 1.82) is 0 Å². The maximum atomic E-state index is 11.7. The van der Waals surface area contributed by atoms with Crippen LogP contribution in [-0.4, -0.2) is 89.1 Å². The first-order valence-corrected chi connectivity index (χ1v) is 9.18. The van der Waals surface area contributed by atoms with Gasteiger partial charge in [-0.2, -0.15) is 0 Å². The SMILES string of the molecule is CN(C)C(=O)CN=C(NCCCOC1CCOC1)NCC1CCCO1. The summed E-state index contributed by atoms with van der Waals surface area (Å²) < 4.78 is 16.7. The lowest BCUT2D eigenvalue weighted by Gasteiger charge is -2.16. The molecule has 0 aliphatic carbocycles. The zero-order valence-electron chi connectivity index (χ0n) is 15.5. The van der Waals surface area contributed by atoms with Crippen molar-refractivity contribution in [2.75, 3.05) is 60.2 Å². The second-order valence-corrected chi connectivity index (χ2v) is 6.61. The van der Waals surface area contributed by atoms with Gasteiger partial charge in [0.2, 0.25) is 5.91 Å². The van der Waals surface area contributed by atoms with Gasteiger partial charge in [0.25, 0.3) is 0 Å². The predicted molar refractivity (Wildman–Crippen MR) is 95.8 cm³/mol. The standard InChI is InChI=1S/C17H32N4O4/c1-21(2)16(22)12-20-17(19-11-14-5-3-8-24-14)18-7-4-9-25-15-6-10-23-13-15/h14-15H,3-13H2,1-2H3,(H2,18,19,20). The van der Waals surface area contributed by atoms with E-state index in [4.69, 9.17) is 14.2 Å². The van der Waals surface area contributed by atoms with Crippen molar-refractivity contribution >= 4 is 11.9 Å². The molecule has 2 unspecified atom stereocenters. The monoisotopic (exact) mass is 356 g/mol. The number of ether oxygens (including phenoxy) is 3. The average molecular weight is 356 g/mol. The summed E-state index contributed by atoms with van der Waals surface area (Å²) in [4.78, 5) is 17.6. The molecule has 2 aliphatic rings. The first-order valence-electron chi connectivity index (χ1n) is 9.18. The van der Waals surface area contributed by atoms with Crippen LogP contribution in [0.4, 0.5) is 0 Å². The second kappa shape index (κ2) is 11.3. The molecule has 2 saturated heterocycles. The zero-order chi connectivity index (χ0) is 17.9. The van der Waals surface area contributed by atoms with Gasteiger partial charge < -0.3 is 29.7 Å². The number of hydrogen-bond donors (Lipinski definition) is 2. The third-order valence-corrected chi connectivity index (χ3v) is 4.25. The number of nitrogens with zero attached hydrogens (tertiary/aromatic N) is 2. The van der Waals surface area contributed by atoms with E-state index in [0.717, 1.165) is 45.4 Å². The summed E-state index contributed by atoms with van der Waals surface area (Å²) in [5, 5.41) is 6.54. The van der Waals surface area contributed by atoms with Crippen molar-refractivity contribution in [2.45, 2.75) is 37.9 Å². The highest BCUT2D eigenvalue weighted by atomic mass is 16.5. The van der Waals surface area contributed by atoms with Gasteiger partial charge in [-0.05, 0) is 25.7 Å². The minimum Gasteiger partial charge on any atom is -0.379 e. The molecular formula is C17H32N4O4. The van der Waals surface area contributed by atoms with Gasteiger partial charge in [-0.1, -0.05) is 0 Å². The molecule has 0 radical (unpaired) electrons. The third-order valence-electron chi connectivity index (χ3n) is 4.25. The quantitative estimate of drug-likeness (QED) is 0.343. The number of hydrogen-bond acceptors (Lipinski definition) is 5. The van der Waals surface area contributed by atoms with Crippen LogP contribution in [0.2, 0.25) is 0 Å². The Bertz CT molecular complexity index is 419. The Morgan fingerprint density at radius 1 is 1.28 bits per heavy atom. The van der Waals surface area contributed by atoms with E-state index >= 15 is 0 Å². The molecule has 0 aromatic heterocycles. The molecule has 2 heterocycles. The van der Waals surface area contributed by atoms with E-state index in [0.29, 0.717) is 25.7 Å². The molecule has 2 N–H and O–H groups in total. The average Bonchev–Trinajstić information content (AvgIpc) is 3.29. The summed E-state index contributed by atoms with van der Waals surface area (Å²) in [6.45, 7) is 4.59. The van der Waals surface area contributed by atoms with Gasteiger partial charge in [-0.15, -0.1) is 0 Å². The molecule has 0 saturated carbocycles. The Kier molecular flexibility index (Phi) is 8.99. The Morgan fingerprint density at radius 2 is 2.16 bits per heavy atom. The summed E-state index contributed by atoms with van der Waals surface area (Å²) in [7, 11) is 3.46. The Labute approximate surface area is 150 Å². The summed E-state index contributed by atoms with van der Waals surface area (Å²) in [5.41, 5.74) is 0. The number of guanidine groups is 1. The molecule has 2 atom stereocenters. The highest BCUT2D eigenvalue weighted by molar-refractivity contribution is 5.84. The number of aliphatic imine (C=N–C) groups is 1. The maximum Gasteiger partial charge on any atom is 0.243 e. The molecule has 0 aromatic carbocycles. The largest absolute Gasteiger partial charge is 0.379 e. The molecule has 1 amide bonds. The smallest absolute Gasteiger partial charge is 0.243 e. The summed E-state index contributed by atoms with van der Waals surface area (Å²) in [5.74, 6) is 0.623. The van der Waals surface area contributed by atoms with Gasteiger partial charge in [-0.3, -0.25) is 4.79 Å². The van der Waals surface area contributed by atoms with Gasteiger partial charge in [0, 0.05) is 47.0 Å². The topological polar surface area (TPSA) is 84.4 Å². The molecule has 25 heavy (non-hydrogen) atoms. The molecule has 0 bridgehead atoms. The number of carbonyl (C=O) groups excluding carboxylic acids is 1. The molecular weight excluding hydrogens is 324 g/mol. The lowest BCUT2D eigenvalue weighted by Crippen LogP contribution is -2.42. The molecule has 2 fully saturated rings. The van der Waals surface area contributed by atoms with Gasteiger partial charge >= 0.3 is 0 Å². The number of carbonyl (C=O) groups is 1. The van der Waals surface area contributed by atoms with Crippen molar-refractivity contribution < 1.29 is 19.0 Å². The van der Waals surface area contributed by atoms with Crippen LogP contribution in [0.15, 0.2) is 4.99 Å². The van der Waals surface area contributed by atoms with Crippen LogP contribution in [-0.2, 0) is 19.0 Å². The Morgan fingerprint density at radius 3 is 2.84 bits per heavy atom. The summed E-state index contributed by atoms with van der Waals surface area (Å²) in [6.07, 6.45) is 4.49. The molecule has 8 heteroatoms. The van der Waals surface area contributed by atoms with E-state index in [1.807, 2.05) is 0 Å². The Hall–Kier alpha value is -1.38. The van der Waals surface area contributed by atoms with Gasteiger partial charge in [0.15, 0.2) is 5.96 Å². The fraction of sp³-hybridized carbons (Fsp3) is 0.882. The van der Waals surface area contributed by atoms with Crippen molar-refractivity contribution in [3.63, 3.8) is 0 Å². The van der Waals surface area contributed by atoms with Crippen molar-refractivity contribution in [3.05, 3.63) is 0 Å². The van der Waals surface area contributed by atoms with E-state index in [1.165, 1.54) is 0 Å². The fourth-order valence-electron chi connectivity index (χ4n) is 2.65. The maximum absolute atomic E-state index is 11.7. The molecule has 2 aliphatic heterocycles. The van der Waals surface area contributed by atoms with Crippen molar-refractivity contribution in [2.24, 2.45) is 4.99 Å². The summed E-state index contributed by atoms with van der Waals surface area (Å²) in [6, 6.07) is 0. The molecule has 2 rings (SSSR count). The normalized spacial score (nSPS) is 23.7. The lowest BCUT2D eigenvalue weighted by atomic mass is 10.2. The van der Waals surface area contributed by atoms with Gasteiger partial charge in [-0.25, -0.2) is 4.99 Å². The minimum atomic E-state index is -0.0252. The van der Waals surface area contributed by atoms with E-state index in [9.17, 15) is 4.79 Å². The van der Waals surface area contributed by atoms with Crippen LogP contribution in [0.5, 0.6) is 0 Å². The fourth-order valence-corrected chi connectivity index (χ4v) is 2.65. The van der Waals surface area contributed by atoms with E-state index in [-0.39, 0.29) is 24.7 Å². The van der Waals surface area contributed by atoms with E-state index < -0.39 is 0 Å². The van der Waals surface area contributed by atoms with Crippen LogP contribution in [0.3, 0.4) is 0 Å². The summed E-state index contributed by atoms with van der Waals surface area (Å²) >= 11 is 0. The second-order valence-electron chi connectivity index (χ2n) is 6.61. The molecule has 0 spiro atoms. The van der Waals surface area contributed by atoms with Crippen LogP contribution >= 0.6 is 0 Å².